The minimum absolute atomic E-state index is 0.161. The van der Waals surface area contributed by atoms with E-state index in [-0.39, 0.29) is 11.8 Å². The molecule has 1 spiro atoms. The molecule has 3 aliphatic rings. The number of nitrogens with zero attached hydrogens (tertiary/aromatic N) is 5. The molecule has 8 nitrogen and oxygen atoms in total. The maximum Gasteiger partial charge on any atom is 0.272 e. The molecule has 11 heteroatoms. The van der Waals surface area contributed by atoms with Crippen molar-refractivity contribution in [2.75, 3.05) is 36.5 Å². The fourth-order valence-corrected chi connectivity index (χ4v) is 5.40. The smallest absolute Gasteiger partial charge is 0.272 e. The van der Waals surface area contributed by atoms with E-state index >= 15 is 0 Å². The Morgan fingerprint density at radius 3 is 2.68 bits per heavy atom. The summed E-state index contributed by atoms with van der Waals surface area (Å²) in [5.74, 6) is -2.34. The van der Waals surface area contributed by atoms with Gasteiger partial charge in [-0.1, -0.05) is 11.6 Å². The second kappa shape index (κ2) is 7.73. The van der Waals surface area contributed by atoms with Crippen LogP contribution >= 0.6 is 11.6 Å². The average molecular weight is 491 g/mol. The highest BCUT2D eigenvalue weighted by Crippen LogP contribution is 2.53. The summed E-state index contributed by atoms with van der Waals surface area (Å²) in [5, 5.41) is 19.0. The Balaban J connectivity index is 1.23. The van der Waals surface area contributed by atoms with E-state index < -0.39 is 18.1 Å². The SMILES string of the molecule is Cc1c(Nc2ncc3cc(Cl)c(N4CCC5(CC4)COC[C@H]5O)cc3n2)cnn1[C@H]1CC1(F)F. The highest BCUT2D eigenvalue weighted by molar-refractivity contribution is 6.34. The quantitative estimate of drug-likeness (QED) is 0.569. The number of alkyl halides is 2. The molecule has 4 heterocycles. The summed E-state index contributed by atoms with van der Waals surface area (Å²) in [7, 11) is 0. The maximum absolute atomic E-state index is 13.5. The molecule has 2 atom stereocenters. The van der Waals surface area contributed by atoms with Crippen molar-refractivity contribution in [3.05, 3.63) is 35.2 Å². The first kappa shape index (κ1) is 21.9. The van der Waals surface area contributed by atoms with Gasteiger partial charge in [0.25, 0.3) is 5.92 Å². The molecule has 2 N–H and O–H groups in total. The third-order valence-corrected chi connectivity index (χ3v) is 7.80. The second-order valence-electron chi connectivity index (χ2n) is 9.63. The largest absolute Gasteiger partial charge is 0.390 e. The van der Waals surface area contributed by atoms with E-state index in [1.165, 1.54) is 10.9 Å². The summed E-state index contributed by atoms with van der Waals surface area (Å²) in [5.41, 5.74) is 2.66. The van der Waals surface area contributed by atoms with Crippen LogP contribution in [0.1, 0.15) is 31.0 Å². The number of hydrogen-bond donors (Lipinski definition) is 2. The maximum atomic E-state index is 13.5. The third-order valence-electron chi connectivity index (χ3n) is 7.50. The first-order valence-corrected chi connectivity index (χ1v) is 11.8. The van der Waals surface area contributed by atoms with E-state index in [9.17, 15) is 13.9 Å². The first-order chi connectivity index (χ1) is 16.3. The summed E-state index contributed by atoms with van der Waals surface area (Å²) in [6, 6.07) is 2.92. The molecular weight excluding hydrogens is 466 g/mol. The zero-order chi connectivity index (χ0) is 23.7. The van der Waals surface area contributed by atoms with Crippen LogP contribution in [-0.4, -0.2) is 63.2 Å². The third kappa shape index (κ3) is 3.59. The lowest BCUT2D eigenvalue weighted by Gasteiger charge is -2.41. The fourth-order valence-electron chi connectivity index (χ4n) is 5.10. The number of halogens is 3. The molecule has 3 fully saturated rings. The van der Waals surface area contributed by atoms with Gasteiger partial charge in [0, 0.05) is 36.5 Å². The van der Waals surface area contributed by atoms with Gasteiger partial charge in [-0.05, 0) is 31.9 Å². The summed E-state index contributed by atoms with van der Waals surface area (Å²) in [4.78, 5) is 11.2. The van der Waals surface area contributed by atoms with Crippen molar-refractivity contribution in [2.24, 2.45) is 5.41 Å². The predicted molar refractivity (Wildman–Crippen MR) is 124 cm³/mol. The lowest BCUT2D eigenvalue weighted by atomic mass is 9.76. The highest BCUT2D eigenvalue weighted by Gasteiger charge is 2.59. The van der Waals surface area contributed by atoms with E-state index in [1.54, 1.807) is 13.1 Å². The van der Waals surface area contributed by atoms with Gasteiger partial charge in [-0.15, -0.1) is 0 Å². The van der Waals surface area contributed by atoms with Crippen LogP contribution in [0.2, 0.25) is 5.02 Å². The number of hydrogen-bond acceptors (Lipinski definition) is 7. The van der Waals surface area contributed by atoms with Crippen LogP contribution in [0.5, 0.6) is 0 Å². The van der Waals surface area contributed by atoms with Crippen LogP contribution in [0, 0.1) is 12.3 Å². The number of nitrogens with one attached hydrogen (secondary N) is 1. The molecular formula is C23H25ClF2N6O2. The monoisotopic (exact) mass is 490 g/mol. The molecule has 2 saturated heterocycles. The molecule has 3 aromatic rings. The van der Waals surface area contributed by atoms with Crippen LogP contribution in [0.4, 0.5) is 26.1 Å². The van der Waals surface area contributed by atoms with Crippen LogP contribution < -0.4 is 10.2 Å². The van der Waals surface area contributed by atoms with Gasteiger partial charge in [0.2, 0.25) is 5.95 Å². The minimum Gasteiger partial charge on any atom is -0.390 e. The Kier molecular flexibility index (Phi) is 4.98. The summed E-state index contributed by atoms with van der Waals surface area (Å²) in [6.07, 6.45) is 4.28. The Morgan fingerprint density at radius 1 is 1.24 bits per heavy atom. The zero-order valence-electron chi connectivity index (χ0n) is 18.6. The molecule has 2 aromatic heterocycles. The molecule has 0 radical (unpaired) electrons. The van der Waals surface area contributed by atoms with Crippen LogP contribution in [0.15, 0.2) is 24.5 Å². The van der Waals surface area contributed by atoms with E-state index in [1.807, 2.05) is 12.1 Å². The van der Waals surface area contributed by atoms with Crippen molar-refractivity contribution in [3.63, 3.8) is 0 Å². The van der Waals surface area contributed by atoms with Crippen molar-refractivity contribution in [3.8, 4) is 0 Å². The van der Waals surface area contributed by atoms with Crippen LogP contribution in [0.25, 0.3) is 10.9 Å². The normalized spacial score (nSPS) is 25.3. The van der Waals surface area contributed by atoms with Crippen molar-refractivity contribution in [1.29, 1.82) is 0 Å². The Bertz CT molecular complexity index is 1260. The number of fused-ring (bicyclic) bond motifs is 1. The molecule has 180 valence electrons. The average Bonchev–Trinajstić information content (AvgIpc) is 3.09. The molecule has 0 unspecified atom stereocenters. The number of aliphatic hydroxyl groups is 1. The molecule has 0 bridgehead atoms. The van der Waals surface area contributed by atoms with Gasteiger partial charge in [0.15, 0.2) is 0 Å². The second-order valence-corrected chi connectivity index (χ2v) is 10.0. The van der Waals surface area contributed by atoms with E-state index in [0.29, 0.717) is 35.6 Å². The van der Waals surface area contributed by atoms with E-state index in [4.69, 9.17) is 16.3 Å². The number of aliphatic hydroxyl groups excluding tert-OH is 1. The van der Waals surface area contributed by atoms with Gasteiger partial charge in [-0.25, -0.2) is 18.7 Å². The topological polar surface area (TPSA) is 88.3 Å². The minimum atomic E-state index is -2.69. The van der Waals surface area contributed by atoms with Crippen LogP contribution in [-0.2, 0) is 4.74 Å². The molecule has 34 heavy (non-hydrogen) atoms. The molecule has 6 rings (SSSR count). The first-order valence-electron chi connectivity index (χ1n) is 11.4. The molecule has 1 saturated carbocycles. The summed E-state index contributed by atoms with van der Waals surface area (Å²) < 4.78 is 33.8. The van der Waals surface area contributed by atoms with E-state index in [0.717, 1.165) is 42.5 Å². The van der Waals surface area contributed by atoms with Gasteiger partial charge in [-0.2, -0.15) is 5.10 Å². The molecule has 2 aliphatic heterocycles. The van der Waals surface area contributed by atoms with Crippen molar-refractivity contribution in [2.45, 2.75) is 44.3 Å². The number of benzene rings is 1. The molecule has 1 aromatic carbocycles. The molecule has 1 aliphatic carbocycles. The lowest BCUT2D eigenvalue weighted by molar-refractivity contribution is 0.0495. The summed E-state index contributed by atoms with van der Waals surface area (Å²) in [6.45, 7) is 4.30. The number of ether oxygens (including phenoxy) is 1. The summed E-state index contributed by atoms with van der Waals surface area (Å²) >= 11 is 6.61. The van der Waals surface area contributed by atoms with Gasteiger partial charge < -0.3 is 20.1 Å². The number of rotatable bonds is 4. The van der Waals surface area contributed by atoms with Crippen molar-refractivity contribution in [1.82, 2.24) is 19.7 Å². The zero-order valence-corrected chi connectivity index (χ0v) is 19.4. The highest BCUT2D eigenvalue weighted by atomic mass is 35.5. The van der Waals surface area contributed by atoms with E-state index in [2.05, 4.69) is 25.3 Å². The Morgan fingerprint density at radius 2 is 2.00 bits per heavy atom. The van der Waals surface area contributed by atoms with Crippen molar-refractivity contribution < 1.29 is 18.6 Å². The Hall–Kier alpha value is -2.56. The van der Waals surface area contributed by atoms with Gasteiger partial charge in [-0.3, -0.25) is 4.68 Å². The molecule has 0 amide bonds. The van der Waals surface area contributed by atoms with Gasteiger partial charge in [0.05, 0.1) is 53.1 Å². The fraction of sp³-hybridized carbons (Fsp3) is 0.522. The predicted octanol–water partition coefficient (Wildman–Crippen LogP) is 4.09. The number of anilines is 3. The number of aromatic nitrogens is 4. The van der Waals surface area contributed by atoms with Gasteiger partial charge in [0.1, 0.15) is 6.04 Å². The van der Waals surface area contributed by atoms with Crippen LogP contribution in [0.3, 0.4) is 0 Å². The lowest BCUT2D eigenvalue weighted by Crippen LogP contribution is -2.46. The van der Waals surface area contributed by atoms with Gasteiger partial charge >= 0.3 is 0 Å². The number of piperidine rings is 1. The Labute approximate surface area is 199 Å². The van der Waals surface area contributed by atoms with Crippen molar-refractivity contribution >= 4 is 39.8 Å². The standard InChI is InChI=1S/C23H25ClF2N6O2/c1-13-17(10-28-32(13)19-8-23(19,25)26)30-21-27-9-14-6-15(24)18(7-16(14)29-21)31-4-2-22(3-5-31)12-34-11-20(22)33/h6-7,9-10,19-20,33H,2-5,8,11-12H2,1H3,(H,27,29,30)/t19-,20+/m0/s1.